The Morgan fingerprint density at radius 3 is 2.73 bits per heavy atom. The summed E-state index contributed by atoms with van der Waals surface area (Å²) in [5.41, 5.74) is -0.414. The van der Waals surface area contributed by atoms with Crippen LogP contribution in [0.15, 0.2) is 17.5 Å². The first kappa shape index (κ1) is 9.82. The van der Waals surface area contributed by atoms with E-state index in [1.165, 1.54) is 4.88 Å². The molecule has 2 heterocycles. The molecule has 1 saturated heterocycles. The van der Waals surface area contributed by atoms with Gasteiger partial charge < -0.3 is 10.4 Å². The van der Waals surface area contributed by atoms with E-state index >= 15 is 0 Å². The fourth-order valence-electron chi connectivity index (χ4n) is 3.21. The summed E-state index contributed by atoms with van der Waals surface area (Å²) in [7, 11) is 0. The predicted molar refractivity (Wildman–Crippen MR) is 62.1 cm³/mol. The van der Waals surface area contributed by atoms with Gasteiger partial charge in [-0.1, -0.05) is 6.07 Å². The molecule has 1 aromatic heterocycles. The van der Waals surface area contributed by atoms with Crippen LogP contribution in [-0.2, 0) is 6.42 Å². The van der Waals surface area contributed by atoms with Gasteiger partial charge in [-0.15, -0.1) is 11.3 Å². The molecule has 0 radical (unpaired) electrons. The molecule has 3 atom stereocenters. The van der Waals surface area contributed by atoms with Crippen LogP contribution in [0.2, 0.25) is 0 Å². The molecule has 2 aliphatic rings. The molecule has 1 aliphatic carbocycles. The van der Waals surface area contributed by atoms with Crippen LogP contribution < -0.4 is 5.32 Å². The number of thiophene rings is 1. The van der Waals surface area contributed by atoms with E-state index in [4.69, 9.17) is 0 Å². The van der Waals surface area contributed by atoms with Crippen molar-refractivity contribution in [3.63, 3.8) is 0 Å². The molecule has 15 heavy (non-hydrogen) atoms. The second-order valence-electron chi connectivity index (χ2n) is 5.07. The Kier molecular flexibility index (Phi) is 2.34. The lowest BCUT2D eigenvalue weighted by Crippen LogP contribution is -2.30. The molecule has 1 aliphatic heterocycles. The lowest BCUT2D eigenvalue weighted by Gasteiger charge is -2.23. The van der Waals surface area contributed by atoms with E-state index in [9.17, 15) is 5.11 Å². The van der Waals surface area contributed by atoms with E-state index in [1.54, 1.807) is 11.3 Å². The van der Waals surface area contributed by atoms with Gasteiger partial charge in [-0.3, -0.25) is 0 Å². The third-order valence-corrected chi connectivity index (χ3v) is 4.72. The van der Waals surface area contributed by atoms with Gasteiger partial charge in [-0.05, 0) is 49.2 Å². The molecule has 82 valence electrons. The fraction of sp³-hybridized carbons (Fsp3) is 0.667. The molecule has 0 spiro atoms. The van der Waals surface area contributed by atoms with Gasteiger partial charge in [0.25, 0.3) is 0 Å². The summed E-state index contributed by atoms with van der Waals surface area (Å²) in [6, 6.07) is 4.20. The first-order chi connectivity index (χ1) is 7.25. The van der Waals surface area contributed by atoms with Gasteiger partial charge in [-0.2, -0.15) is 0 Å². The summed E-state index contributed by atoms with van der Waals surface area (Å²) in [6.45, 7) is 2.22. The van der Waals surface area contributed by atoms with E-state index in [2.05, 4.69) is 22.8 Å². The monoisotopic (exact) mass is 223 g/mol. The highest BCUT2D eigenvalue weighted by atomic mass is 32.1. The average molecular weight is 223 g/mol. The highest BCUT2D eigenvalue weighted by Gasteiger charge is 2.45. The summed E-state index contributed by atoms with van der Waals surface area (Å²) in [4.78, 5) is 1.32. The number of hydrogen-bond acceptors (Lipinski definition) is 3. The van der Waals surface area contributed by atoms with Gasteiger partial charge in [0.2, 0.25) is 0 Å². The Labute approximate surface area is 94.3 Å². The zero-order valence-corrected chi connectivity index (χ0v) is 9.59. The summed E-state index contributed by atoms with van der Waals surface area (Å²) in [5.74, 6) is 1.44. The van der Waals surface area contributed by atoms with E-state index in [0.717, 1.165) is 44.2 Å². The van der Waals surface area contributed by atoms with Crippen LogP contribution >= 0.6 is 11.3 Å². The standard InChI is InChI=1S/C12H17NOS/c14-12(6-11-2-1-3-15-11)4-9-7-13-8-10(9)5-12/h1-3,9-10,13-14H,4-8H2/t9-,10+,12-. The molecule has 0 bridgehead atoms. The molecule has 0 aromatic carbocycles. The number of rotatable bonds is 2. The van der Waals surface area contributed by atoms with Gasteiger partial charge in [0.1, 0.15) is 0 Å². The summed E-state index contributed by atoms with van der Waals surface area (Å²) >= 11 is 1.76. The van der Waals surface area contributed by atoms with E-state index in [-0.39, 0.29) is 0 Å². The molecular formula is C12H17NOS. The third-order valence-electron chi connectivity index (χ3n) is 3.85. The first-order valence-corrected chi connectivity index (χ1v) is 6.59. The molecule has 0 unspecified atom stereocenters. The zero-order chi connectivity index (χ0) is 10.3. The highest BCUT2D eigenvalue weighted by molar-refractivity contribution is 7.09. The van der Waals surface area contributed by atoms with Gasteiger partial charge in [-0.25, -0.2) is 0 Å². The molecule has 3 rings (SSSR count). The van der Waals surface area contributed by atoms with Crippen LogP contribution in [0.5, 0.6) is 0 Å². The third kappa shape index (κ3) is 1.84. The minimum absolute atomic E-state index is 0.414. The van der Waals surface area contributed by atoms with Gasteiger partial charge in [0.05, 0.1) is 5.60 Å². The Bertz CT molecular complexity index is 323. The average Bonchev–Trinajstić information content (AvgIpc) is 2.80. The van der Waals surface area contributed by atoms with Gasteiger partial charge in [0, 0.05) is 11.3 Å². The van der Waals surface area contributed by atoms with Crippen molar-refractivity contribution in [3.05, 3.63) is 22.4 Å². The Morgan fingerprint density at radius 2 is 2.13 bits per heavy atom. The molecule has 1 saturated carbocycles. The summed E-state index contributed by atoms with van der Waals surface area (Å²) < 4.78 is 0. The SMILES string of the molecule is O[C@@]1(Cc2cccs2)C[C@H]2CNC[C@H]2C1. The Balaban J connectivity index is 1.71. The second kappa shape index (κ2) is 3.58. The summed E-state index contributed by atoms with van der Waals surface area (Å²) in [5, 5.41) is 16.1. The van der Waals surface area contributed by atoms with Crippen molar-refractivity contribution in [3.8, 4) is 0 Å². The lowest BCUT2D eigenvalue weighted by atomic mass is 9.95. The second-order valence-corrected chi connectivity index (χ2v) is 6.10. The van der Waals surface area contributed by atoms with Crippen LogP contribution in [0.25, 0.3) is 0 Å². The van der Waals surface area contributed by atoms with Crippen LogP contribution in [0.4, 0.5) is 0 Å². The van der Waals surface area contributed by atoms with E-state index in [0.29, 0.717) is 0 Å². The maximum atomic E-state index is 10.5. The van der Waals surface area contributed by atoms with Gasteiger partial charge >= 0.3 is 0 Å². The number of aliphatic hydroxyl groups is 1. The molecular weight excluding hydrogens is 206 g/mol. The smallest absolute Gasteiger partial charge is 0.0702 e. The summed E-state index contributed by atoms with van der Waals surface area (Å²) in [6.07, 6.45) is 2.84. The normalized spacial score (nSPS) is 39.5. The molecule has 2 fully saturated rings. The van der Waals surface area contributed by atoms with Crippen LogP contribution in [0.3, 0.4) is 0 Å². The minimum Gasteiger partial charge on any atom is -0.389 e. The molecule has 0 amide bonds. The predicted octanol–water partition coefficient (Wildman–Crippen LogP) is 1.65. The zero-order valence-electron chi connectivity index (χ0n) is 8.78. The van der Waals surface area contributed by atoms with Crippen molar-refractivity contribution in [2.24, 2.45) is 11.8 Å². The first-order valence-electron chi connectivity index (χ1n) is 5.71. The molecule has 1 aromatic rings. The highest BCUT2D eigenvalue weighted by Crippen LogP contribution is 2.43. The van der Waals surface area contributed by atoms with Crippen LogP contribution in [0.1, 0.15) is 17.7 Å². The van der Waals surface area contributed by atoms with Crippen molar-refractivity contribution in [2.75, 3.05) is 13.1 Å². The van der Waals surface area contributed by atoms with E-state index < -0.39 is 5.60 Å². The fourth-order valence-corrected chi connectivity index (χ4v) is 4.05. The van der Waals surface area contributed by atoms with Crippen molar-refractivity contribution < 1.29 is 5.11 Å². The molecule has 2 N–H and O–H groups in total. The minimum atomic E-state index is -0.414. The maximum Gasteiger partial charge on any atom is 0.0702 e. The van der Waals surface area contributed by atoms with Crippen molar-refractivity contribution in [1.29, 1.82) is 0 Å². The Morgan fingerprint density at radius 1 is 1.40 bits per heavy atom. The molecule has 2 nitrogen and oxygen atoms in total. The van der Waals surface area contributed by atoms with Crippen molar-refractivity contribution in [2.45, 2.75) is 24.9 Å². The van der Waals surface area contributed by atoms with Crippen molar-refractivity contribution >= 4 is 11.3 Å². The van der Waals surface area contributed by atoms with Crippen LogP contribution in [0, 0.1) is 11.8 Å². The number of fused-ring (bicyclic) bond motifs is 1. The number of hydrogen-bond donors (Lipinski definition) is 2. The lowest BCUT2D eigenvalue weighted by molar-refractivity contribution is 0.0406. The largest absolute Gasteiger partial charge is 0.389 e. The topological polar surface area (TPSA) is 32.3 Å². The van der Waals surface area contributed by atoms with E-state index in [1.807, 2.05) is 0 Å². The molecule has 3 heteroatoms. The van der Waals surface area contributed by atoms with Crippen LogP contribution in [-0.4, -0.2) is 23.8 Å². The van der Waals surface area contributed by atoms with Gasteiger partial charge in [0.15, 0.2) is 0 Å². The maximum absolute atomic E-state index is 10.5. The quantitative estimate of drug-likeness (QED) is 0.799. The Hall–Kier alpha value is -0.380. The number of nitrogens with one attached hydrogen (secondary N) is 1. The van der Waals surface area contributed by atoms with Crippen molar-refractivity contribution in [1.82, 2.24) is 5.32 Å².